The quantitative estimate of drug-likeness (QED) is 0.656. The van der Waals surface area contributed by atoms with Crippen molar-refractivity contribution in [3.63, 3.8) is 0 Å². The van der Waals surface area contributed by atoms with Crippen LogP contribution in [0.15, 0.2) is 0 Å². The molecule has 0 aromatic rings. The van der Waals surface area contributed by atoms with Crippen LogP contribution in [0.4, 0.5) is 0 Å². The SMILES string of the molecule is CCCCN(C1CC1)C(C)(CN)COCC. The van der Waals surface area contributed by atoms with E-state index >= 15 is 0 Å². The van der Waals surface area contributed by atoms with Crippen molar-refractivity contribution in [1.82, 2.24) is 4.90 Å². The van der Waals surface area contributed by atoms with E-state index in [0.29, 0.717) is 6.54 Å². The van der Waals surface area contributed by atoms with Gasteiger partial charge in [0.2, 0.25) is 0 Å². The van der Waals surface area contributed by atoms with Crippen molar-refractivity contribution in [3.05, 3.63) is 0 Å². The molecule has 0 aromatic carbocycles. The highest BCUT2D eigenvalue weighted by Crippen LogP contribution is 2.33. The number of hydrogen-bond donors (Lipinski definition) is 1. The van der Waals surface area contributed by atoms with Crippen LogP contribution in [-0.2, 0) is 4.74 Å². The van der Waals surface area contributed by atoms with Gasteiger partial charge in [0, 0.05) is 19.2 Å². The topological polar surface area (TPSA) is 38.5 Å². The van der Waals surface area contributed by atoms with Crippen LogP contribution in [-0.4, -0.2) is 42.8 Å². The van der Waals surface area contributed by atoms with Gasteiger partial charge < -0.3 is 10.5 Å². The molecule has 3 nitrogen and oxygen atoms in total. The minimum Gasteiger partial charge on any atom is -0.380 e. The van der Waals surface area contributed by atoms with Crippen molar-refractivity contribution in [1.29, 1.82) is 0 Å². The van der Waals surface area contributed by atoms with Crippen LogP contribution in [0.25, 0.3) is 0 Å². The molecule has 0 spiro atoms. The Hall–Kier alpha value is -0.120. The molecule has 0 bridgehead atoms. The molecule has 1 aliphatic carbocycles. The minimum atomic E-state index is 0.0341. The van der Waals surface area contributed by atoms with Crippen LogP contribution in [0.5, 0.6) is 0 Å². The van der Waals surface area contributed by atoms with E-state index in [9.17, 15) is 0 Å². The first kappa shape index (κ1) is 13.9. The average molecular weight is 228 g/mol. The number of nitrogens with zero attached hydrogens (tertiary/aromatic N) is 1. The van der Waals surface area contributed by atoms with Crippen molar-refractivity contribution >= 4 is 0 Å². The van der Waals surface area contributed by atoms with E-state index < -0.39 is 0 Å². The predicted octanol–water partition coefficient (Wildman–Crippen LogP) is 2.00. The highest BCUT2D eigenvalue weighted by Gasteiger charge is 2.40. The normalized spacial score (nSPS) is 20.1. The van der Waals surface area contributed by atoms with Crippen LogP contribution < -0.4 is 5.73 Å². The van der Waals surface area contributed by atoms with E-state index in [4.69, 9.17) is 10.5 Å². The maximum atomic E-state index is 5.96. The Balaban J connectivity index is 2.55. The largest absolute Gasteiger partial charge is 0.380 e. The second kappa shape index (κ2) is 6.58. The zero-order valence-electron chi connectivity index (χ0n) is 11.2. The fourth-order valence-electron chi connectivity index (χ4n) is 2.19. The van der Waals surface area contributed by atoms with Gasteiger partial charge in [-0.3, -0.25) is 4.90 Å². The van der Waals surface area contributed by atoms with Crippen LogP contribution in [0.1, 0.15) is 46.5 Å². The predicted molar refractivity (Wildman–Crippen MR) is 68.6 cm³/mol. The Labute approximate surface area is 100 Å². The van der Waals surface area contributed by atoms with E-state index in [-0.39, 0.29) is 5.54 Å². The molecule has 0 heterocycles. The molecule has 2 N–H and O–H groups in total. The number of hydrogen-bond acceptors (Lipinski definition) is 3. The van der Waals surface area contributed by atoms with Crippen molar-refractivity contribution in [2.75, 3.05) is 26.3 Å². The van der Waals surface area contributed by atoms with Gasteiger partial charge in [-0.2, -0.15) is 0 Å². The first-order chi connectivity index (χ1) is 7.68. The fourth-order valence-corrected chi connectivity index (χ4v) is 2.19. The summed E-state index contributed by atoms with van der Waals surface area (Å²) in [7, 11) is 0. The molecular formula is C13H28N2O. The van der Waals surface area contributed by atoms with Crippen LogP contribution >= 0.6 is 0 Å². The zero-order chi connectivity index (χ0) is 12.0. The number of ether oxygens (including phenoxy) is 1. The van der Waals surface area contributed by atoms with Gasteiger partial charge in [-0.15, -0.1) is 0 Å². The summed E-state index contributed by atoms with van der Waals surface area (Å²) >= 11 is 0. The minimum absolute atomic E-state index is 0.0341. The molecule has 0 saturated heterocycles. The molecule has 1 aliphatic rings. The molecule has 1 rings (SSSR count). The maximum Gasteiger partial charge on any atom is 0.0660 e. The molecule has 0 aromatic heterocycles. The lowest BCUT2D eigenvalue weighted by Crippen LogP contribution is -2.56. The summed E-state index contributed by atoms with van der Waals surface area (Å²) in [5.74, 6) is 0. The van der Waals surface area contributed by atoms with Gasteiger partial charge in [0.15, 0.2) is 0 Å². The Morgan fingerprint density at radius 2 is 2.06 bits per heavy atom. The van der Waals surface area contributed by atoms with E-state index in [1.807, 2.05) is 6.92 Å². The molecule has 16 heavy (non-hydrogen) atoms. The Morgan fingerprint density at radius 1 is 1.38 bits per heavy atom. The summed E-state index contributed by atoms with van der Waals surface area (Å²) in [6.07, 6.45) is 5.19. The van der Waals surface area contributed by atoms with E-state index in [1.54, 1.807) is 0 Å². The molecule has 1 saturated carbocycles. The summed E-state index contributed by atoms with van der Waals surface area (Å²) in [6.45, 7) is 9.94. The summed E-state index contributed by atoms with van der Waals surface area (Å²) in [4.78, 5) is 2.59. The summed E-state index contributed by atoms with van der Waals surface area (Å²) in [5, 5.41) is 0. The monoisotopic (exact) mass is 228 g/mol. The van der Waals surface area contributed by atoms with Crippen molar-refractivity contribution in [2.45, 2.75) is 58.0 Å². The third-order valence-electron chi connectivity index (χ3n) is 3.49. The lowest BCUT2D eigenvalue weighted by atomic mass is 10.00. The van der Waals surface area contributed by atoms with Gasteiger partial charge in [-0.25, -0.2) is 0 Å². The lowest BCUT2D eigenvalue weighted by molar-refractivity contribution is 0.00461. The van der Waals surface area contributed by atoms with Crippen molar-refractivity contribution in [3.8, 4) is 0 Å². The third kappa shape index (κ3) is 3.72. The van der Waals surface area contributed by atoms with Crippen LogP contribution in [0.3, 0.4) is 0 Å². The fraction of sp³-hybridized carbons (Fsp3) is 1.00. The molecule has 0 amide bonds. The molecular weight excluding hydrogens is 200 g/mol. The standard InChI is InChI=1S/C13H28N2O/c1-4-6-9-15(12-7-8-12)13(3,10-14)11-16-5-2/h12H,4-11,14H2,1-3H3. The van der Waals surface area contributed by atoms with E-state index in [2.05, 4.69) is 18.7 Å². The number of unbranched alkanes of at least 4 members (excludes halogenated alkanes) is 1. The highest BCUT2D eigenvalue weighted by molar-refractivity contribution is 4.96. The lowest BCUT2D eigenvalue weighted by Gasteiger charge is -2.40. The van der Waals surface area contributed by atoms with Gasteiger partial charge in [0.1, 0.15) is 0 Å². The third-order valence-corrected chi connectivity index (χ3v) is 3.49. The summed E-state index contributed by atoms with van der Waals surface area (Å²) in [5.41, 5.74) is 6.00. The van der Waals surface area contributed by atoms with E-state index in [0.717, 1.165) is 19.3 Å². The zero-order valence-corrected chi connectivity index (χ0v) is 11.2. The number of nitrogens with two attached hydrogens (primary N) is 1. The summed E-state index contributed by atoms with van der Waals surface area (Å²) < 4.78 is 5.61. The first-order valence-electron chi connectivity index (χ1n) is 6.72. The smallest absolute Gasteiger partial charge is 0.0660 e. The number of rotatable bonds is 9. The van der Waals surface area contributed by atoms with Crippen LogP contribution in [0.2, 0.25) is 0 Å². The van der Waals surface area contributed by atoms with Gasteiger partial charge in [0.05, 0.1) is 12.1 Å². The second-order valence-electron chi connectivity index (χ2n) is 5.12. The van der Waals surface area contributed by atoms with E-state index in [1.165, 1.54) is 32.2 Å². The molecule has 1 atom stereocenters. The molecule has 3 heteroatoms. The van der Waals surface area contributed by atoms with Gasteiger partial charge in [0.25, 0.3) is 0 Å². The Morgan fingerprint density at radius 3 is 2.50 bits per heavy atom. The van der Waals surface area contributed by atoms with Crippen molar-refractivity contribution < 1.29 is 4.74 Å². The molecule has 96 valence electrons. The Bertz CT molecular complexity index is 194. The summed E-state index contributed by atoms with van der Waals surface area (Å²) in [6, 6.07) is 0.764. The Kier molecular flexibility index (Phi) is 5.73. The van der Waals surface area contributed by atoms with Gasteiger partial charge >= 0.3 is 0 Å². The molecule has 0 aliphatic heterocycles. The second-order valence-corrected chi connectivity index (χ2v) is 5.12. The molecule has 1 unspecified atom stereocenters. The average Bonchev–Trinajstić information content (AvgIpc) is 3.11. The highest BCUT2D eigenvalue weighted by atomic mass is 16.5. The van der Waals surface area contributed by atoms with Crippen LogP contribution in [0, 0.1) is 0 Å². The van der Waals surface area contributed by atoms with Gasteiger partial charge in [-0.1, -0.05) is 13.3 Å². The molecule has 1 fully saturated rings. The van der Waals surface area contributed by atoms with Gasteiger partial charge in [-0.05, 0) is 39.7 Å². The van der Waals surface area contributed by atoms with Crippen molar-refractivity contribution in [2.24, 2.45) is 5.73 Å². The molecule has 0 radical (unpaired) electrons. The first-order valence-corrected chi connectivity index (χ1v) is 6.72. The maximum absolute atomic E-state index is 5.96.